The number of amides is 2. The largest absolute Gasteiger partial charge is 0.376 e. The third kappa shape index (κ3) is 5.23. The smallest absolute Gasteiger partial charge is 0.344 e. The molecule has 0 unspecified atom stereocenters. The first kappa shape index (κ1) is 20.2. The lowest BCUT2D eigenvalue weighted by Crippen LogP contribution is -2.25. The van der Waals surface area contributed by atoms with E-state index in [4.69, 9.17) is 4.74 Å². The van der Waals surface area contributed by atoms with Gasteiger partial charge in [0.05, 0.1) is 18.4 Å². The number of nitrogens with one attached hydrogen (secondary N) is 3. The summed E-state index contributed by atoms with van der Waals surface area (Å²) >= 11 is 1.17. The van der Waals surface area contributed by atoms with E-state index in [9.17, 15) is 14.4 Å². The van der Waals surface area contributed by atoms with Crippen LogP contribution in [0.2, 0.25) is 0 Å². The summed E-state index contributed by atoms with van der Waals surface area (Å²) in [5, 5.41) is 12.3. The molecule has 2 amide bonds. The molecule has 0 aliphatic carbocycles. The summed E-state index contributed by atoms with van der Waals surface area (Å²) in [7, 11) is 0. The Morgan fingerprint density at radius 1 is 1.43 bits per heavy atom. The normalized spacial score (nSPS) is 16.1. The summed E-state index contributed by atoms with van der Waals surface area (Å²) in [6, 6.07) is 6.73. The van der Waals surface area contributed by atoms with Gasteiger partial charge in [0.25, 0.3) is 5.91 Å². The highest BCUT2D eigenvalue weighted by atomic mass is 32.2. The van der Waals surface area contributed by atoms with Crippen molar-refractivity contribution in [2.45, 2.75) is 37.6 Å². The molecule has 3 N–H and O–H groups in total. The highest BCUT2D eigenvalue weighted by molar-refractivity contribution is 7.99. The number of aromatic amines is 1. The molecular formula is C18H23N5O4S. The Morgan fingerprint density at radius 2 is 2.29 bits per heavy atom. The second-order valence-electron chi connectivity index (χ2n) is 6.33. The first-order valence-electron chi connectivity index (χ1n) is 9.14. The van der Waals surface area contributed by atoms with Crippen LogP contribution in [0.5, 0.6) is 0 Å². The third-order valence-corrected chi connectivity index (χ3v) is 5.19. The lowest BCUT2D eigenvalue weighted by Gasteiger charge is -2.11. The highest BCUT2D eigenvalue weighted by Gasteiger charge is 2.20. The molecule has 28 heavy (non-hydrogen) atoms. The molecule has 3 rings (SSSR count). The van der Waals surface area contributed by atoms with Gasteiger partial charge in [0.1, 0.15) is 0 Å². The van der Waals surface area contributed by atoms with Gasteiger partial charge in [-0.15, -0.1) is 5.10 Å². The number of carbonyl (C=O) groups excluding carboxylic acids is 2. The van der Waals surface area contributed by atoms with Gasteiger partial charge in [-0.2, -0.15) is 0 Å². The topological polar surface area (TPSA) is 118 Å². The lowest BCUT2D eigenvalue weighted by atomic mass is 10.2. The molecule has 0 spiro atoms. The van der Waals surface area contributed by atoms with Gasteiger partial charge >= 0.3 is 5.69 Å². The van der Waals surface area contributed by atoms with Crippen LogP contribution in [-0.4, -0.2) is 51.6 Å². The van der Waals surface area contributed by atoms with Crippen molar-refractivity contribution in [1.29, 1.82) is 0 Å². The van der Waals surface area contributed by atoms with Crippen LogP contribution < -0.4 is 16.3 Å². The van der Waals surface area contributed by atoms with Crippen LogP contribution in [0.25, 0.3) is 0 Å². The number of thioether (sulfide) groups is 1. The predicted molar refractivity (Wildman–Crippen MR) is 106 cm³/mol. The fourth-order valence-corrected chi connectivity index (χ4v) is 3.65. The van der Waals surface area contributed by atoms with Crippen molar-refractivity contribution in [3.63, 3.8) is 0 Å². The fraction of sp³-hybridized carbons (Fsp3) is 0.444. The molecular weight excluding hydrogens is 382 g/mol. The number of rotatable bonds is 8. The quantitative estimate of drug-likeness (QED) is 0.569. The van der Waals surface area contributed by atoms with E-state index in [1.54, 1.807) is 24.3 Å². The van der Waals surface area contributed by atoms with Crippen molar-refractivity contribution in [2.24, 2.45) is 0 Å². The Balaban J connectivity index is 1.57. The second-order valence-corrected chi connectivity index (χ2v) is 7.28. The number of benzene rings is 1. The molecule has 1 fully saturated rings. The highest BCUT2D eigenvalue weighted by Crippen LogP contribution is 2.18. The molecule has 10 heteroatoms. The molecule has 1 aliphatic rings. The van der Waals surface area contributed by atoms with E-state index in [-0.39, 0.29) is 29.4 Å². The number of H-pyrrole nitrogens is 1. The molecule has 1 aromatic heterocycles. The van der Waals surface area contributed by atoms with Gasteiger partial charge in [0.15, 0.2) is 5.16 Å². The molecule has 2 heterocycles. The van der Waals surface area contributed by atoms with Crippen LogP contribution >= 0.6 is 11.8 Å². The second kappa shape index (κ2) is 9.56. The van der Waals surface area contributed by atoms with Crippen LogP contribution in [-0.2, 0) is 16.1 Å². The van der Waals surface area contributed by atoms with Gasteiger partial charge in [-0.1, -0.05) is 17.8 Å². The molecule has 0 saturated carbocycles. The van der Waals surface area contributed by atoms with E-state index in [0.29, 0.717) is 36.1 Å². The van der Waals surface area contributed by atoms with Crippen molar-refractivity contribution in [3.05, 3.63) is 40.3 Å². The number of nitrogens with zero attached hydrogens (tertiary/aromatic N) is 2. The summed E-state index contributed by atoms with van der Waals surface area (Å²) < 4.78 is 7.07. The van der Waals surface area contributed by atoms with Gasteiger partial charge in [0, 0.05) is 24.4 Å². The minimum absolute atomic E-state index is 0.000448. The minimum Gasteiger partial charge on any atom is -0.376 e. The monoisotopic (exact) mass is 405 g/mol. The lowest BCUT2D eigenvalue weighted by molar-refractivity contribution is -0.113. The zero-order valence-electron chi connectivity index (χ0n) is 15.6. The van der Waals surface area contributed by atoms with E-state index in [1.165, 1.54) is 16.3 Å². The van der Waals surface area contributed by atoms with Crippen molar-refractivity contribution in [3.8, 4) is 0 Å². The molecule has 1 saturated heterocycles. The molecule has 1 aromatic carbocycles. The van der Waals surface area contributed by atoms with Crippen LogP contribution in [0.3, 0.4) is 0 Å². The summed E-state index contributed by atoms with van der Waals surface area (Å²) in [5.74, 6) is -0.360. The Hall–Kier alpha value is -2.59. The van der Waals surface area contributed by atoms with Crippen molar-refractivity contribution in [2.75, 3.05) is 24.2 Å². The Bertz CT molecular complexity index is 888. The summed E-state index contributed by atoms with van der Waals surface area (Å²) in [5.41, 5.74) is 0.700. The first-order chi connectivity index (χ1) is 13.6. The maximum absolute atomic E-state index is 12.3. The zero-order chi connectivity index (χ0) is 19.9. The SMILES string of the molecule is CCNC(=O)c1cccc(NC(=O)CSc2n[nH]c(=O)n2C[C@H]2CCCO2)c1. The maximum Gasteiger partial charge on any atom is 0.344 e. The minimum atomic E-state index is -0.312. The summed E-state index contributed by atoms with van der Waals surface area (Å²) in [4.78, 5) is 36.1. The van der Waals surface area contributed by atoms with E-state index < -0.39 is 0 Å². The molecule has 1 aliphatic heterocycles. The number of hydrogen-bond donors (Lipinski definition) is 3. The first-order valence-corrected chi connectivity index (χ1v) is 10.1. The van der Waals surface area contributed by atoms with Crippen LogP contribution in [0.4, 0.5) is 5.69 Å². The van der Waals surface area contributed by atoms with Crippen molar-refractivity contribution < 1.29 is 14.3 Å². The Labute approximate surface area is 166 Å². The van der Waals surface area contributed by atoms with E-state index >= 15 is 0 Å². The maximum atomic E-state index is 12.3. The molecule has 150 valence electrons. The Kier molecular flexibility index (Phi) is 6.88. The van der Waals surface area contributed by atoms with Gasteiger partial charge < -0.3 is 15.4 Å². The molecule has 0 radical (unpaired) electrons. The Morgan fingerprint density at radius 3 is 3.04 bits per heavy atom. The van der Waals surface area contributed by atoms with Gasteiger partial charge in [-0.25, -0.2) is 9.89 Å². The van der Waals surface area contributed by atoms with Crippen LogP contribution in [0.1, 0.15) is 30.1 Å². The van der Waals surface area contributed by atoms with E-state index in [1.807, 2.05) is 6.92 Å². The third-order valence-electron chi connectivity index (χ3n) is 4.21. The molecule has 9 nitrogen and oxygen atoms in total. The number of ether oxygens (including phenoxy) is 1. The molecule has 2 aromatic rings. The van der Waals surface area contributed by atoms with Crippen LogP contribution in [0, 0.1) is 0 Å². The molecule has 1 atom stereocenters. The average molecular weight is 405 g/mol. The summed E-state index contributed by atoms with van der Waals surface area (Å²) in [6.45, 7) is 3.50. The standard InChI is InChI=1S/C18H23N5O4S/c1-2-19-16(25)12-5-3-6-13(9-12)20-15(24)11-28-18-22-21-17(26)23(18)10-14-7-4-8-27-14/h3,5-6,9,14H,2,4,7-8,10-11H2,1H3,(H,19,25)(H,20,24)(H,21,26)/t14-/m1/s1. The van der Waals surface area contributed by atoms with Crippen molar-refractivity contribution in [1.82, 2.24) is 20.1 Å². The number of anilines is 1. The number of hydrogen-bond acceptors (Lipinski definition) is 6. The van der Waals surface area contributed by atoms with Crippen LogP contribution in [0.15, 0.2) is 34.2 Å². The van der Waals surface area contributed by atoms with Gasteiger partial charge in [-0.05, 0) is 38.0 Å². The van der Waals surface area contributed by atoms with Crippen molar-refractivity contribution >= 4 is 29.3 Å². The predicted octanol–water partition coefficient (Wildman–Crippen LogP) is 1.23. The molecule has 0 bridgehead atoms. The average Bonchev–Trinajstić information content (AvgIpc) is 3.32. The summed E-state index contributed by atoms with van der Waals surface area (Å²) in [6.07, 6.45) is 1.89. The van der Waals surface area contributed by atoms with E-state index in [0.717, 1.165) is 12.8 Å². The van der Waals surface area contributed by atoms with E-state index in [2.05, 4.69) is 20.8 Å². The number of aromatic nitrogens is 3. The van der Waals surface area contributed by atoms with Gasteiger partial charge in [0.2, 0.25) is 5.91 Å². The van der Waals surface area contributed by atoms with Gasteiger partial charge in [-0.3, -0.25) is 14.2 Å². The zero-order valence-corrected chi connectivity index (χ0v) is 16.4. The fourth-order valence-electron chi connectivity index (χ4n) is 2.89. The number of carbonyl (C=O) groups is 2.